The van der Waals surface area contributed by atoms with Gasteiger partial charge in [-0.25, -0.2) is 0 Å². The molecule has 1 aliphatic rings. The smallest absolute Gasteiger partial charge is 0.287 e. The van der Waals surface area contributed by atoms with Gasteiger partial charge in [-0.2, -0.15) is 0 Å². The van der Waals surface area contributed by atoms with Crippen LogP contribution in [0.15, 0.2) is 53.1 Å². The molecule has 0 aliphatic carbocycles. The van der Waals surface area contributed by atoms with Crippen LogP contribution in [0.5, 0.6) is 0 Å². The van der Waals surface area contributed by atoms with Gasteiger partial charge in [-0.3, -0.25) is 14.4 Å². The van der Waals surface area contributed by atoms with Crippen LogP contribution in [0, 0.1) is 5.92 Å². The predicted molar refractivity (Wildman–Crippen MR) is 108 cm³/mol. The monoisotopic (exact) mass is 411 g/mol. The average Bonchev–Trinajstić information content (AvgIpc) is 3.30. The van der Waals surface area contributed by atoms with Gasteiger partial charge in [0.15, 0.2) is 5.76 Å². The van der Waals surface area contributed by atoms with Gasteiger partial charge in [0.05, 0.1) is 12.3 Å². The van der Waals surface area contributed by atoms with Crippen LogP contribution in [0.2, 0.25) is 0 Å². The molecule has 0 spiro atoms. The molecule has 0 saturated carbocycles. The summed E-state index contributed by atoms with van der Waals surface area (Å²) in [4.78, 5) is 48.9. The van der Waals surface area contributed by atoms with Gasteiger partial charge in [0.25, 0.3) is 5.91 Å². The molecule has 3 amide bonds. The van der Waals surface area contributed by atoms with E-state index in [2.05, 4.69) is 16.0 Å². The van der Waals surface area contributed by atoms with Crippen LogP contribution in [-0.4, -0.2) is 42.6 Å². The number of benzene rings is 1. The van der Waals surface area contributed by atoms with Crippen LogP contribution in [-0.2, 0) is 20.8 Å². The highest BCUT2D eigenvalue weighted by Crippen LogP contribution is 2.17. The third-order valence-electron chi connectivity index (χ3n) is 5.08. The second kappa shape index (κ2) is 10.4. The maximum Gasteiger partial charge on any atom is 0.287 e. The molecule has 0 radical (unpaired) electrons. The van der Waals surface area contributed by atoms with E-state index in [0.29, 0.717) is 19.3 Å². The van der Waals surface area contributed by atoms with E-state index in [1.807, 2.05) is 30.3 Å². The lowest BCUT2D eigenvalue weighted by Crippen LogP contribution is -2.52. The van der Waals surface area contributed by atoms with Crippen LogP contribution in [0.25, 0.3) is 0 Å². The van der Waals surface area contributed by atoms with Crippen molar-refractivity contribution in [1.29, 1.82) is 0 Å². The summed E-state index contributed by atoms with van der Waals surface area (Å²) < 4.78 is 5.10. The minimum atomic E-state index is -0.910. The quantitative estimate of drug-likeness (QED) is 0.537. The Morgan fingerprint density at radius 2 is 1.97 bits per heavy atom. The maximum atomic E-state index is 12.9. The number of aldehydes is 1. The highest BCUT2D eigenvalue weighted by Gasteiger charge is 2.29. The normalized spacial score (nSPS) is 18.0. The molecule has 1 aliphatic heterocycles. The van der Waals surface area contributed by atoms with E-state index in [1.165, 1.54) is 12.3 Å². The Kier molecular flexibility index (Phi) is 7.37. The number of hydrogen-bond acceptors (Lipinski definition) is 5. The molecule has 158 valence electrons. The van der Waals surface area contributed by atoms with E-state index in [0.717, 1.165) is 12.0 Å². The molecule has 3 N–H and O–H groups in total. The molecule has 2 aromatic rings. The van der Waals surface area contributed by atoms with Crippen LogP contribution >= 0.6 is 0 Å². The summed E-state index contributed by atoms with van der Waals surface area (Å²) in [5.74, 6) is -1.35. The van der Waals surface area contributed by atoms with Crippen LogP contribution in [0.4, 0.5) is 0 Å². The average molecular weight is 411 g/mol. The zero-order valence-corrected chi connectivity index (χ0v) is 16.5. The highest BCUT2D eigenvalue weighted by molar-refractivity contribution is 5.96. The largest absolute Gasteiger partial charge is 0.459 e. The Balaban J connectivity index is 1.68. The zero-order chi connectivity index (χ0) is 21.3. The van der Waals surface area contributed by atoms with E-state index in [4.69, 9.17) is 4.42 Å². The van der Waals surface area contributed by atoms with Crippen molar-refractivity contribution in [3.05, 3.63) is 60.1 Å². The van der Waals surface area contributed by atoms with E-state index >= 15 is 0 Å². The van der Waals surface area contributed by atoms with Crippen LogP contribution in [0.3, 0.4) is 0 Å². The van der Waals surface area contributed by atoms with Crippen LogP contribution < -0.4 is 16.0 Å². The lowest BCUT2D eigenvalue weighted by atomic mass is 9.92. The first kappa shape index (κ1) is 21.3. The van der Waals surface area contributed by atoms with E-state index in [9.17, 15) is 19.2 Å². The topological polar surface area (TPSA) is 118 Å². The Morgan fingerprint density at radius 1 is 1.17 bits per heavy atom. The molecule has 8 heteroatoms. The van der Waals surface area contributed by atoms with Crippen molar-refractivity contribution >= 4 is 24.0 Å². The van der Waals surface area contributed by atoms with Gasteiger partial charge in [0.1, 0.15) is 12.3 Å². The van der Waals surface area contributed by atoms with Crippen molar-refractivity contribution in [2.75, 3.05) is 6.54 Å². The number of rotatable bonds is 9. The van der Waals surface area contributed by atoms with Gasteiger partial charge >= 0.3 is 0 Å². The van der Waals surface area contributed by atoms with E-state index < -0.39 is 23.9 Å². The number of nitrogens with one attached hydrogen (secondary N) is 3. The van der Waals surface area contributed by atoms with Gasteiger partial charge < -0.3 is 25.2 Å². The summed E-state index contributed by atoms with van der Waals surface area (Å²) in [5.41, 5.74) is 0.853. The number of carbonyl (C=O) groups is 4. The molecule has 1 aromatic heterocycles. The van der Waals surface area contributed by atoms with E-state index in [-0.39, 0.29) is 30.4 Å². The van der Waals surface area contributed by atoms with Gasteiger partial charge in [-0.1, -0.05) is 30.3 Å². The lowest BCUT2D eigenvalue weighted by molar-refractivity contribution is -0.129. The fourth-order valence-corrected chi connectivity index (χ4v) is 3.49. The van der Waals surface area contributed by atoms with Crippen LogP contribution in [0.1, 0.15) is 35.4 Å². The molecule has 8 nitrogen and oxygen atoms in total. The summed E-state index contributed by atoms with van der Waals surface area (Å²) in [6.07, 6.45) is 3.99. The summed E-state index contributed by atoms with van der Waals surface area (Å²) in [6.45, 7) is 0.630. The van der Waals surface area contributed by atoms with Crippen molar-refractivity contribution < 1.29 is 23.6 Å². The van der Waals surface area contributed by atoms with E-state index in [1.54, 1.807) is 6.07 Å². The third kappa shape index (κ3) is 5.79. The number of carbonyl (C=O) groups excluding carboxylic acids is 4. The maximum absolute atomic E-state index is 12.9. The first-order valence-corrected chi connectivity index (χ1v) is 9.98. The van der Waals surface area contributed by atoms with Crippen molar-refractivity contribution in [1.82, 2.24) is 16.0 Å². The number of hydrogen-bond donors (Lipinski definition) is 3. The van der Waals surface area contributed by atoms with Crippen molar-refractivity contribution in [2.45, 2.75) is 37.8 Å². The Labute approximate surface area is 174 Å². The summed E-state index contributed by atoms with van der Waals surface area (Å²) in [7, 11) is 0. The Hall–Kier alpha value is -3.42. The standard InChI is InChI=1S/C22H25N3O5/c26-14-17(13-16-8-4-10-23-20(16)27)24-21(28)18(12-15-6-2-1-3-7-15)25-22(29)19-9-5-11-30-19/h1-3,5-7,9,11,14,16-18H,4,8,10,12-13H2,(H,23,27)(H,24,28)(H,25,29)/t16-,17-,18-/m0/s1. The summed E-state index contributed by atoms with van der Waals surface area (Å²) in [5, 5.41) is 8.12. The SMILES string of the molecule is O=C[C@H](C[C@@H]1CCCNC1=O)NC(=O)[C@H](Cc1ccccc1)NC(=O)c1ccco1. The Morgan fingerprint density at radius 3 is 2.63 bits per heavy atom. The molecule has 0 unspecified atom stereocenters. The molecule has 3 atom stereocenters. The third-order valence-corrected chi connectivity index (χ3v) is 5.08. The fourth-order valence-electron chi connectivity index (χ4n) is 3.49. The molecule has 0 bridgehead atoms. The first-order valence-electron chi connectivity index (χ1n) is 9.98. The van der Waals surface area contributed by atoms with Gasteiger partial charge in [-0.05, 0) is 37.0 Å². The molecule has 3 rings (SSSR count). The predicted octanol–water partition coefficient (Wildman–Crippen LogP) is 1.22. The number of piperidine rings is 1. The fraction of sp³-hybridized carbons (Fsp3) is 0.364. The second-order valence-electron chi connectivity index (χ2n) is 7.31. The van der Waals surface area contributed by atoms with Crippen molar-refractivity contribution in [3.8, 4) is 0 Å². The summed E-state index contributed by atoms with van der Waals surface area (Å²) in [6, 6.07) is 10.6. The number of amides is 3. The van der Waals surface area contributed by atoms with Gasteiger partial charge in [0.2, 0.25) is 11.8 Å². The van der Waals surface area contributed by atoms with Gasteiger partial charge in [-0.15, -0.1) is 0 Å². The molecular weight excluding hydrogens is 386 g/mol. The van der Waals surface area contributed by atoms with Gasteiger partial charge in [0, 0.05) is 18.9 Å². The molecular formula is C22H25N3O5. The summed E-state index contributed by atoms with van der Waals surface area (Å²) >= 11 is 0. The van der Waals surface area contributed by atoms with Crippen molar-refractivity contribution in [2.24, 2.45) is 5.92 Å². The molecule has 2 heterocycles. The zero-order valence-electron chi connectivity index (χ0n) is 16.5. The molecule has 1 saturated heterocycles. The number of furan rings is 1. The Bertz CT molecular complexity index is 866. The first-order chi connectivity index (χ1) is 14.6. The molecule has 1 aromatic carbocycles. The molecule has 30 heavy (non-hydrogen) atoms. The lowest BCUT2D eigenvalue weighted by Gasteiger charge is -2.26. The second-order valence-corrected chi connectivity index (χ2v) is 7.31. The minimum absolute atomic E-state index is 0.0895. The molecule has 1 fully saturated rings. The van der Waals surface area contributed by atoms with Crippen molar-refractivity contribution in [3.63, 3.8) is 0 Å². The highest BCUT2D eigenvalue weighted by atomic mass is 16.3. The minimum Gasteiger partial charge on any atom is -0.459 e.